The van der Waals surface area contributed by atoms with E-state index in [2.05, 4.69) is 33.4 Å². The zero-order valence-electron chi connectivity index (χ0n) is 8.94. The second kappa shape index (κ2) is 3.04. The van der Waals surface area contributed by atoms with Crippen molar-refractivity contribution in [2.75, 3.05) is 0 Å². The van der Waals surface area contributed by atoms with Gasteiger partial charge in [0.1, 0.15) is 11.3 Å². The molecule has 2 aromatic heterocycles. The van der Waals surface area contributed by atoms with Crippen molar-refractivity contribution in [2.24, 2.45) is 0 Å². The molecule has 0 radical (unpaired) electrons. The number of imidazole rings is 1. The van der Waals surface area contributed by atoms with E-state index in [1.807, 2.05) is 20.2 Å². The summed E-state index contributed by atoms with van der Waals surface area (Å²) in [7, 11) is 0. The standard InChI is InChI=1S/C10H14N4/c1-6(2)14-5-11-9-7(3)12-8(4)13-10(9)14/h5-6H,1-4H3. The zero-order chi connectivity index (χ0) is 10.3. The molecular weight excluding hydrogens is 176 g/mol. The molecule has 0 unspecified atom stereocenters. The van der Waals surface area contributed by atoms with Gasteiger partial charge in [0.15, 0.2) is 5.65 Å². The molecule has 4 nitrogen and oxygen atoms in total. The van der Waals surface area contributed by atoms with E-state index in [0.29, 0.717) is 6.04 Å². The minimum Gasteiger partial charge on any atom is -0.313 e. The van der Waals surface area contributed by atoms with E-state index in [1.165, 1.54) is 0 Å². The molecule has 2 rings (SSSR count). The van der Waals surface area contributed by atoms with E-state index >= 15 is 0 Å². The van der Waals surface area contributed by atoms with Crippen LogP contribution >= 0.6 is 0 Å². The summed E-state index contributed by atoms with van der Waals surface area (Å²) in [6.45, 7) is 8.11. The van der Waals surface area contributed by atoms with Gasteiger partial charge in [0, 0.05) is 6.04 Å². The van der Waals surface area contributed by atoms with Gasteiger partial charge < -0.3 is 4.57 Å². The maximum atomic E-state index is 4.41. The van der Waals surface area contributed by atoms with Crippen LogP contribution in [0.4, 0.5) is 0 Å². The Labute approximate surface area is 83.0 Å². The highest BCUT2D eigenvalue weighted by atomic mass is 15.1. The van der Waals surface area contributed by atoms with Gasteiger partial charge in [-0.15, -0.1) is 0 Å². The largest absolute Gasteiger partial charge is 0.313 e. The molecule has 0 aliphatic rings. The summed E-state index contributed by atoms with van der Waals surface area (Å²) in [5.74, 6) is 0.803. The van der Waals surface area contributed by atoms with Crippen molar-refractivity contribution in [1.82, 2.24) is 19.5 Å². The Morgan fingerprint density at radius 1 is 1.21 bits per heavy atom. The van der Waals surface area contributed by atoms with Crippen LogP contribution in [-0.4, -0.2) is 19.5 Å². The summed E-state index contributed by atoms with van der Waals surface area (Å²) in [6.07, 6.45) is 1.83. The summed E-state index contributed by atoms with van der Waals surface area (Å²) in [5, 5.41) is 0. The molecular formula is C10H14N4. The van der Waals surface area contributed by atoms with Crippen LogP contribution in [-0.2, 0) is 0 Å². The minimum atomic E-state index is 0.383. The monoisotopic (exact) mass is 190 g/mol. The van der Waals surface area contributed by atoms with E-state index in [1.54, 1.807) is 0 Å². The molecule has 2 heterocycles. The third-order valence-electron chi connectivity index (χ3n) is 2.26. The molecule has 0 spiro atoms. The summed E-state index contributed by atoms with van der Waals surface area (Å²) >= 11 is 0. The SMILES string of the molecule is Cc1nc(C)c2ncn(C(C)C)c2n1. The topological polar surface area (TPSA) is 43.6 Å². The lowest BCUT2D eigenvalue weighted by Gasteiger charge is -2.07. The molecule has 4 heteroatoms. The average Bonchev–Trinajstić information content (AvgIpc) is 2.47. The van der Waals surface area contributed by atoms with Crippen LogP contribution in [0.3, 0.4) is 0 Å². The van der Waals surface area contributed by atoms with Crippen LogP contribution in [0.2, 0.25) is 0 Å². The molecule has 0 aliphatic heterocycles. The highest BCUT2D eigenvalue weighted by Gasteiger charge is 2.10. The van der Waals surface area contributed by atoms with E-state index in [4.69, 9.17) is 0 Å². The lowest BCUT2D eigenvalue weighted by atomic mass is 10.3. The van der Waals surface area contributed by atoms with Gasteiger partial charge in [-0.05, 0) is 27.7 Å². The second-order valence-corrected chi connectivity index (χ2v) is 3.77. The number of fused-ring (bicyclic) bond motifs is 1. The van der Waals surface area contributed by atoms with Gasteiger partial charge >= 0.3 is 0 Å². The Kier molecular flexibility index (Phi) is 1.98. The lowest BCUT2D eigenvalue weighted by molar-refractivity contribution is 0.612. The Morgan fingerprint density at radius 3 is 2.57 bits per heavy atom. The molecule has 0 fully saturated rings. The lowest BCUT2D eigenvalue weighted by Crippen LogP contribution is -2.01. The quantitative estimate of drug-likeness (QED) is 0.691. The van der Waals surface area contributed by atoms with Crippen LogP contribution in [0.15, 0.2) is 6.33 Å². The molecule has 2 aromatic rings. The predicted molar refractivity (Wildman–Crippen MR) is 55.2 cm³/mol. The van der Waals surface area contributed by atoms with Crippen molar-refractivity contribution in [2.45, 2.75) is 33.7 Å². The number of nitrogens with zero attached hydrogens (tertiary/aromatic N) is 4. The number of rotatable bonds is 1. The average molecular weight is 190 g/mol. The number of aryl methyl sites for hydroxylation is 2. The van der Waals surface area contributed by atoms with Crippen LogP contribution in [0.5, 0.6) is 0 Å². The number of aromatic nitrogens is 4. The van der Waals surface area contributed by atoms with Gasteiger partial charge in [-0.2, -0.15) is 0 Å². The van der Waals surface area contributed by atoms with Gasteiger partial charge in [-0.1, -0.05) is 0 Å². The van der Waals surface area contributed by atoms with Gasteiger partial charge in [0.2, 0.25) is 0 Å². The molecule has 0 saturated heterocycles. The van der Waals surface area contributed by atoms with Crippen molar-refractivity contribution < 1.29 is 0 Å². The minimum absolute atomic E-state index is 0.383. The number of hydrogen-bond acceptors (Lipinski definition) is 3. The smallest absolute Gasteiger partial charge is 0.164 e. The Balaban J connectivity index is 2.78. The van der Waals surface area contributed by atoms with Crippen molar-refractivity contribution in [3.8, 4) is 0 Å². The van der Waals surface area contributed by atoms with E-state index < -0.39 is 0 Å². The normalized spacial score (nSPS) is 11.5. The van der Waals surface area contributed by atoms with Crippen LogP contribution in [0.25, 0.3) is 11.2 Å². The van der Waals surface area contributed by atoms with Gasteiger partial charge in [0.05, 0.1) is 12.0 Å². The molecule has 14 heavy (non-hydrogen) atoms. The molecule has 0 saturated carbocycles. The zero-order valence-corrected chi connectivity index (χ0v) is 8.94. The van der Waals surface area contributed by atoms with E-state index in [9.17, 15) is 0 Å². The second-order valence-electron chi connectivity index (χ2n) is 3.77. The molecule has 0 atom stereocenters. The van der Waals surface area contributed by atoms with Crippen LogP contribution in [0, 0.1) is 13.8 Å². The maximum Gasteiger partial charge on any atom is 0.164 e. The Hall–Kier alpha value is -1.45. The first-order chi connectivity index (χ1) is 6.59. The van der Waals surface area contributed by atoms with E-state index in [0.717, 1.165) is 22.7 Å². The van der Waals surface area contributed by atoms with Crippen LogP contribution in [0.1, 0.15) is 31.4 Å². The first-order valence-electron chi connectivity index (χ1n) is 4.77. The fourth-order valence-corrected chi connectivity index (χ4v) is 1.57. The maximum absolute atomic E-state index is 4.41. The molecule has 0 aliphatic carbocycles. The summed E-state index contributed by atoms with van der Waals surface area (Å²) < 4.78 is 2.07. The molecule has 74 valence electrons. The predicted octanol–water partition coefficient (Wildman–Crippen LogP) is 2.02. The van der Waals surface area contributed by atoms with Gasteiger partial charge in [-0.25, -0.2) is 15.0 Å². The van der Waals surface area contributed by atoms with Crippen molar-refractivity contribution in [3.63, 3.8) is 0 Å². The first-order valence-corrected chi connectivity index (χ1v) is 4.77. The molecule has 0 amide bonds. The third-order valence-corrected chi connectivity index (χ3v) is 2.26. The van der Waals surface area contributed by atoms with Gasteiger partial charge in [0.25, 0.3) is 0 Å². The molecule has 0 N–H and O–H groups in total. The highest BCUT2D eigenvalue weighted by molar-refractivity contribution is 5.73. The fraction of sp³-hybridized carbons (Fsp3) is 0.500. The van der Waals surface area contributed by atoms with Gasteiger partial charge in [-0.3, -0.25) is 0 Å². The fourth-order valence-electron chi connectivity index (χ4n) is 1.57. The summed E-state index contributed by atoms with van der Waals surface area (Å²) in [5.41, 5.74) is 2.79. The van der Waals surface area contributed by atoms with E-state index in [-0.39, 0.29) is 0 Å². The van der Waals surface area contributed by atoms with Crippen molar-refractivity contribution >= 4 is 11.2 Å². The van der Waals surface area contributed by atoms with Crippen molar-refractivity contribution in [3.05, 3.63) is 17.8 Å². The van der Waals surface area contributed by atoms with Crippen LogP contribution < -0.4 is 0 Å². The molecule has 0 bridgehead atoms. The Bertz CT molecular complexity index is 470. The third kappa shape index (κ3) is 1.27. The number of hydrogen-bond donors (Lipinski definition) is 0. The summed E-state index contributed by atoms with van der Waals surface area (Å²) in [4.78, 5) is 13.0. The first kappa shape index (κ1) is 9.12. The summed E-state index contributed by atoms with van der Waals surface area (Å²) in [6, 6.07) is 0.383. The van der Waals surface area contributed by atoms with Crippen molar-refractivity contribution in [1.29, 1.82) is 0 Å². The molecule has 0 aromatic carbocycles. The Morgan fingerprint density at radius 2 is 1.93 bits per heavy atom. The highest BCUT2D eigenvalue weighted by Crippen LogP contribution is 2.17.